The molecule has 2 N–H and O–H groups in total. The van der Waals surface area contributed by atoms with Gasteiger partial charge in [-0.2, -0.15) is 0 Å². The second-order valence-corrected chi connectivity index (χ2v) is 8.23. The molecule has 0 saturated heterocycles. The van der Waals surface area contributed by atoms with E-state index in [1.807, 2.05) is 13.0 Å². The summed E-state index contributed by atoms with van der Waals surface area (Å²) in [6.07, 6.45) is 0.498. The van der Waals surface area contributed by atoms with E-state index >= 15 is 0 Å². The van der Waals surface area contributed by atoms with Crippen LogP contribution in [0.15, 0.2) is 40.2 Å². The first kappa shape index (κ1) is 18.5. The van der Waals surface area contributed by atoms with Crippen molar-refractivity contribution < 1.29 is 8.42 Å². The van der Waals surface area contributed by atoms with Gasteiger partial charge in [-0.3, -0.25) is 4.99 Å². The standard InChI is InChI=1S/C16H27N3O2S/c1-5-17-15(19-16(2,3)4)18-12-9-13-22(20,21)14-10-7-6-8-11-14/h6-8,10-11H,5,9,12-13H2,1-4H3,(H2,17,18,19). The van der Waals surface area contributed by atoms with Gasteiger partial charge in [0.25, 0.3) is 0 Å². The highest BCUT2D eigenvalue weighted by atomic mass is 32.2. The minimum Gasteiger partial charge on any atom is -0.357 e. The Balaban J connectivity index is 2.56. The minimum absolute atomic E-state index is 0.0862. The molecule has 0 heterocycles. The van der Waals surface area contributed by atoms with Gasteiger partial charge in [0.1, 0.15) is 0 Å². The molecule has 0 aliphatic rings. The maximum absolute atomic E-state index is 12.2. The molecule has 0 radical (unpaired) electrons. The van der Waals surface area contributed by atoms with Gasteiger partial charge in [0, 0.05) is 18.6 Å². The molecule has 0 bridgehead atoms. The van der Waals surface area contributed by atoms with Gasteiger partial charge < -0.3 is 10.6 Å². The minimum atomic E-state index is -3.22. The van der Waals surface area contributed by atoms with Crippen molar-refractivity contribution in [1.82, 2.24) is 10.6 Å². The van der Waals surface area contributed by atoms with Crippen LogP contribution >= 0.6 is 0 Å². The van der Waals surface area contributed by atoms with Crippen LogP contribution < -0.4 is 10.6 Å². The first-order valence-electron chi connectivity index (χ1n) is 7.59. The number of benzene rings is 1. The van der Waals surface area contributed by atoms with Crippen LogP contribution in [0.2, 0.25) is 0 Å². The third kappa shape index (κ3) is 6.93. The fourth-order valence-corrected chi connectivity index (χ4v) is 3.17. The third-order valence-electron chi connectivity index (χ3n) is 2.78. The summed E-state index contributed by atoms with van der Waals surface area (Å²) in [7, 11) is -3.22. The Morgan fingerprint density at radius 3 is 2.36 bits per heavy atom. The van der Waals surface area contributed by atoms with E-state index in [-0.39, 0.29) is 11.3 Å². The average Bonchev–Trinajstić information content (AvgIpc) is 2.43. The average molecular weight is 325 g/mol. The highest BCUT2D eigenvalue weighted by Crippen LogP contribution is 2.11. The van der Waals surface area contributed by atoms with E-state index in [0.29, 0.717) is 23.8 Å². The SMILES string of the molecule is CCNC(=NCCCS(=O)(=O)c1ccccc1)NC(C)(C)C. The number of nitrogens with one attached hydrogen (secondary N) is 2. The Hall–Kier alpha value is -1.56. The van der Waals surface area contributed by atoms with Crippen LogP contribution in [0.4, 0.5) is 0 Å². The van der Waals surface area contributed by atoms with Crippen molar-refractivity contribution in [2.24, 2.45) is 4.99 Å². The zero-order valence-electron chi connectivity index (χ0n) is 13.9. The van der Waals surface area contributed by atoms with Crippen molar-refractivity contribution >= 4 is 15.8 Å². The largest absolute Gasteiger partial charge is 0.357 e. The lowest BCUT2D eigenvalue weighted by atomic mass is 10.1. The topological polar surface area (TPSA) is 70.6 Å². The smallest absolute Gasteiger partial charge is 0.191 e. The first-order valence-corrected chi connectivity index (χ1v) is 9.24. The zero-order chi connectivity index (χ0) is 16.6. The summed E-state index contributed by atoms with van der Waals surface area (Å²) in [6.45, 7) is 9.40. The van der Waals surface area contributed by atoms with Crippen molar-refractivity contribution in [3.8, 4) is 0 Å². The van der Waals surface area contributed by atoms with E-state index in [1.54, 1.807) is 24.3 Å². The summed E-state index contributed by atoms with van der Waals surface area (Å²) in [5, 5.41) is 6.43. The number of hydrogen-bond donors (Lipinski definition) is 2. The number of sulfone groups is 1. The molecule has 0 atom stereocenters. The third-order valence-corrected chi connectivity index (χ3v) is 4.60. The van der Waals surface area contributed by atoms with Gasteiger partial charge >= 0.3 is 0 Å². The monoisotopic (exact) mass is 325 g/mol. The van der Waals surface area contributed by atoms with Gasteiger partial charge in [0.2, 0.25) is 0 Å². The highest BCUT2D eigenvalue weighted by molar-refractivity contribution is 7.91. The Kier molecular flexibility index (Phi) is 6.87. The lowest BCUT2D eigenvalue weighted by Gasteiger charge is -2.23. The molecular formula is C16H27N3O2S. The summed E-state index contributed by atoms with van der Waals surface area (Å²) in [5.74, 6) is 0.821. The van der Waals surface area contributed by atoms with Crippen LogP contribution in [0.1, 0.15) is 34.1 Å². The predicted molar refractivity (Wildman–Crippen MR) is 92.0 cm³/mol. The van der Waals surface area contributed by atoms with Crippen LogP contribution in [0.25, 0.3) is 0 Å². The number of rotatable bonds is 6. The lowest BCUT2D eigenvalue weighted by molar-refractivity contribution is 0.501. The van der Waals surface area contributed by atoms with Crippen molar-refractivity contribution in [1.29, 1.82) is 0 Å². The number of hydrogen-bond acceptors (Lipinski definition) is 3. The quantitative estimate of drug-likeness (QED) is 0.478. The van der Waals surface area contributed by atoms with Crippen LogP contribution in [-0.2, 0) is 9.84 Å². The van der Waals surface area contributed by atoms with Gasteiger partial charge in [0.05, 0.1) is 10.6 Å². The first-order chi connectivity index (χ1) is 10.2. The van der Waals surface area contributed by atoms with Gasteiger partial charge in [0.15, 0.2) is 15.8 Å². The van der Waals surface area contributed by atoms with Crippen molar-refractivity contribution in [2.75, 3.05) is 18.8 Å². The molecule has 1 aromatic rings. The number of aliphatic imine (C=N–C) groups is 1. The van der Waals surface area contributed by atoms with Crippen LogP contribution in [0.3, 0.4) is 0 Å². The molecular weight excluding hydrogens is 298 g/mol. The Labute approximate surface area is 134 Å². The second kappa shape index (κ2) is 8.17. The molecule has 0 amide bonds. The molecule has 0 fully saturated rings. The molecule has 1 aromatic carbocycles. The van der Waals surface area contributed by atoms with E-state index in [2.05, 4.69) is 36.4 Å². The summed E-state index contributed by atoms with van der Waals surface area (Å²) >= 11 is 0. The summed E-state index contributed by atoms with van der Waals surface area (Å²) < 4.78 is 24.3. The normalized spacial score (nSPS) is 13.0. The molecule has 0 aliphatic heterocycles. The predicted octanol–water partition coefficient (Wildman–Crippen LogP) is 2.20. The van der Waals surface area contributed by atoms with Gasteiger partial charge in [-0.15, -0.1) is 0 Å². The maximum atomic E-state index is 12.2. The van der Waals surface area contributed by atoms with Crippen LogP contribution in [0.5, 0.6) is 0 Å². The van der Waals surface area contributed by atoms with Crippen molar-refractivity contribution in [2.45, 2.75) is 44.6 Å². The molecule has 1 rings (SSSR count). The molecule has 6 heteroatoms. The second-order valence-electron chi connectivity index (χ2n) is 6.12. The zero-order valence-corrected chi connectivity index (χ0v) is 14.7. The van der Waals surface area contributed by atoms with E-state index in [1.165, 1.54) is 0 Å². The van der Waals surface area contributed by atoms with Crippen molar-refractivity contribution in [3.05, 3.63) is 30.3 Å². The molecule has 0 unspecified atom stereocenters. The summed E-state index contributed by atoms with van der Waals surface area (Å²) in [6, 6.07) is 8.54. The van der Waals surface area contributed by atoms with Crippen molar-refractivity contribution in [3.63, 3.8) is 0 Å². The van der Waals surface area contributed by atoms with Gasteiger partial charge in [-0.1, -0.05) is 18.2 Å². The maximum Gasteiger partial charge on any atom is 0.191 e. The molecule has 0 spiro atoms. The van der Waals surface area contributed by atoms with Gasteiger partial charge in [-0.25, -0.2) is 8.42 Å². The van der Waals surface area contributed by atoms with Gasteiger partial charge in [-0.05, 0) is 46.2 Å². The fraction of sp³-hybridized carbons (Fsp3) is 0.562. The lowest BCUT2D eigenvalue weighted by Crippen LogP contribution is -2.47. The Morgan fingerprint density at radius 1 is 1.18 bits per heavy atom. The molecule has 5 nitrogen and oxygen atoms in total. The Morgan fingerprint density at radius 2 is 1.82 bits per heavy atom. The van der Waals surface area contributed by atoms with Crippen LogP contribution in [-0.4, -0.2) is 38.8 Å². The van der Waals surface area contributed by atoms with E-state index in [9.17, 15) is 8.42 Å². The fourth-order valence-electron chi connectivity index (χ4n) is 1.85. The number of guanidine groups is 1. The molecule has 0 aromatic heterocycles. The van der Waals surface area contributed by atoms with E-state index in [4.69, 9.17) is 0 Å². The number of nitrogens with zero attached hydrogens (tertiary/aromatic N) is 1. The van der Waals surface area contributed by atoms with E-state index < -0.39 is 9.84 Å². The van der Waals surface area contributed by atoms with E-state index in [0.717, 1.165) is 6.54 Å². The molecule has 0 saturated carbocycles. The molecule has 124 valence electrons. The highest BCUT2D eigenvalue weighted by Gasteiger charge is 2.14. The Bertz CT molecular complexity index is 575. The summed E-state index contributed by atoms with van der Waals surface area (Å²) in [5.41, 5.74) is -0.0862. The summed E-state index contributed by atoms with van der Waals surface area (Å²) in [4.78, 5) is 4.80. The molecule has 22 heavy (non-hydrogen) atoms. The van der Waals surface area contributed by atoms with Crippen LogP contribution in [0, 0.1) is 0 Å². The molecule has 0 aliphatic carbocycles.